The molecule has 0 unspecified atom stereocenters. The van der Waals surface area contributed by atoms with Crippen LogP contribution in [0.1, 0.15) is 21.8 Å². The van der Waals surface area contributed by atoms with E-state index >= 15 is 0 Å². The SMILES string of the molecule is COCc1nc(-c2ccc3c(c2)CCO3)oc1C(=O)O. The Hall–Kier alpha value is -2.34. The molecule has 1 aromatic carbocycles. The second-order valence-corrected chi connectivity index (χ2v) is 4.45. The highest BCUT2D eigenvalue weighted by molar-refractivity contribution is 5.86. The van der Waals surface area contributed by atoms with Gasteiger partial charge in [0, 0.05) is 19.1 Å². The topological polar surface area (TPSA) is 81.8 Å². The number of carboxylic acids is 1. The molecule has 1 aliphatic heterocycles. The maximum absolute atomic E-state index is 11.1. The second kappa shape index (κ2) is 4.97. The summed E-state index contributed by atoms with van der Waals surface area (Å²) in [5.41, 5.74) is 2.09. The molecule has 2 heterocycles. The molecule has 20 heavy (non-hydrogen) atoms. The Kier molecular flexibility index (Phi) is 3.15. The molecule has 0 spiro atoms. The molecule has 1 aliphatic rings. The zero-order valence-corrected chi connectivity index (χ0v) is 10.9. The highest BCUT2D eigenvalue weighted by Crippen LogP contribution is 2.31. The number of nitrogens with zero attached hydrogens (tertiary/aromatic N) is 1. The Morgan fingerprint density at radius 3 is 3.10 bits per heavy atom. The molecule has 3 rings (SSSR count). The van der Waals surface area contributed by atoms with E-state index in [4.69, 9.17) is 19.0 Å². The van der Waals surface area contributed by atoms with Gasteiger partial charge in [0.25, 0.3) is 0 Å². The third kappa shape index (κ3) is 2.14. The highest BCUT2D eigenvalue weighted by Gasteiger charge is 2.21. The number of hydrogen-bond donors (Lipinski definition) is 1. The highest BCUT2D eigenvalue weighted by atomic mass is 16.5. The summed E-state index contributed by atoms with van der Waals surface area (Å²) in [4.78, 5) is 15.3. The second-order valence-electron chi connectivity index (χ2n) is 4.45. The first kappa shape index (κ1) is 12.7. The minimum Gasteiger partial charge on any atom is -0.493 e. The fourth-order valence-corrected chi connectivity index (χ4v) is 2.20. The van der Waals surface area contributed by atoms with Gasteiger partial charge in [-0.25, -0.2) is 9.78 Å². The van der Waals surface area contributed by atoms with Crippen molar-refractivity contribution in [3.63, 3.8) is 0 Å². The largest absolute Gasteiger partial charge is 0.493 e. The number of fused-ring (bicyclic) bond motifs is 1. The molecule has 104 valence electrons. The van der Waals surface area contributed by atoms with Crippen LogP contribution in [0.25, 0.3) is 11.5 Å². The number of aromatic carboxylic acids is 1. The smallest absolute Gasteiger partial charge is 0.373 e. The fourth-order valence-electron chi connectivity index (χ4n) is 2.20. The number of carboxylic acid groups (broad SMARTS) is 1. The van der Waals surface area contributed by atoms with Crippen molar-refractivity contribution < 1.29 is 23.8 Å². The van der Waals surface area contributed by atoms with Crippen molar-refractivity contribution in [2.75, 3.05) is 13.7 Å². The van der Waals surface area contributed by atoms with Gasteiger partial charge in [-0.3, -0.25) is 0 Å². The summed E-state index contributed by atoms with van der Waals surface area (Å²) in [7, 11) is 1.48. The summed E-state index contributed by atoms with van der Waals surface area (Å²) in [6, 6.07) is 5.56. The van der Waals surface area contributed by atoms with Crippen LogP contribution in [0, 0.1) is 0 Å². The molecule has 1 N–H and O–H groups in total. The zero-order chi connectivity index (χ0) is 14.1. The average Bonchev–Trinajstić information content (AvgIpc) is 3.04. The molecule has 1 aromatic heterocycles. The van der Waals surface area contributed by atoms with E-state index in [9.17, 15) is 4.79 Å². The number of benzene rings is 1. The molecule has 0 fully saturated rings. The summed E-state index contributed by atoms with van der Waals surface area (Å²) in [5.74, 6) is -0.195. The van der Waals surface area contributed by atoms with Crippen LogP contribution in [0.3, 0.4) is 0 Å². The number of ether oxygens (including phenoxy) is 2. The molecule has 2 aromatic rings. The molecule has 0 bridgehead atoms. The molecule has 0 amide bonds. The molecular weight excluding hydrogens is 262 g/mol. The lowest BCUT2D eigenvalue weighted by molar-refractivity contribution is 0.0656. The van der Waals surface area contributed by atoms with E-state index in [-0.39, 0.29) is 24.0 Å². The number of oxazole rings is 1. The van der Waals surface area contributed by atoms with E-state index in [0.717, 1.165) is 23.3 Å². The third-order valence-corrected chi connectivity index (χ3v) is 3.11. The van der Waals surface area contributed by atoms with Crippen LogP contribution in [0.15, 0.2) is 22.6 Å². The minimum absolute atomic E-state index is 0.0964. The van der Waals surface area contributed by atoms with Crippen molar-refractivity contribution in [3.8, 4) is 17.2 Å². The van der Waals surface area contributed by atoms with Gasteiger partial charge in [-0.05, 0) is 23.8 Å². The molecule has 0 saturated carbocycles. The number of rotatable bonds is 4. The number of carbonyl (C=O) groups is 1. The molecular formula is C14H13NO5. The molecule has 0 atom stereocenters. The monoisotopic (exact) mass is 275 g/mol. The van der Waals surface area contributed by atoms with Crippen molar-refractivity contribution in [1.29, 1.82) is 0 Å². The van der Waals surface area contributed by atoms with Crippen LogP contribution in [0.2, 0.25) is 0 Å². The lowest BCUT2D eigenvalue weighted by atomic mass is 10.1. The van der Waals surface area contributed by atoms with Gasteiger partial charge < -0.3 is 19.0 Å². The summed E-state index contributed by atoms with van der Waals surface area (Å²) in [6.07, 6.45) is 0.834. The average molecular weight is 275 g/mol. The lowest BCUT2D eigenvalue weighted by Gasteiger charge is -2.00. The van der Waals surface area contributed by atoms with Gasteiger partial charge in [-0.2, -0.15) is 0 Å². The van der Waals surface area contributed by atoms with Crippen LogP contribution >= 0.6 is 0 Å². The third-order valence-electron chi connectivity index (χ3n) is 3.11. The standard InChI is InChI=1S/C14H13NO5/c1-18-7-10-12(14(16)17)20-13(15-10)9-2-3-11-8(6-9)4-5-19-11/h2-3,6H,4-5,7H2,1H3,(H,16,17). The Balaban J connectivity index is 2.01. The van der Waals surface area contributed by atoms with Crippen LogP contribution in [0.4, 0.5) is 0 Å². The van der Waals surface area contributed by atoms with Gasteiger partial charge in [0.05, 0.1) is 13.2 Å². The van der Waals surface area contributed by atoms with Gasteiger partial charge >= 0.3 is 5.97 Å². The Morgan fingerprint density at radius 1 is 1.50 bits per heavy atom. The van der Waals surface area contributed by atoms with E-state index in [1.807, 2.05) is 12.1 Å². The molecule has 0 radical (unpaired) electrons. The van der Waals surface area contributed by atoms with E-state index in [2.05, 4.69) is 4.98 Å². The fraction of sp³-hybridized carbons (Fsp3) is 0.286. The van der Waals surface area contributed by atoms with Crippen molar-refractivity contribution in [2.24, 2.45) is 0 Å². The molecule has 0 saturated heterocycles. The Labute approximate surface area is 115 Å². The zero-order valence-electron chi connectivity index (χ0n) is 10.9. The van der Waals surface area contributed by atoms with Crippen molar-refractivity contribution >= 4 is 5.97 Å². The van der Waals surface area contributed by atoms with Crippen LogP contribution < -0.4 is 4.74 Å². The summed E-state index contributed by atoms with van der Waals surface area (Å²) in [5, 5.41) is 9.10. The molecule has 6 nitrogen and oxygen atoms in total. The van der Waals surface area contributed by atoms with Crippen molar-refractivity contribution in [3.05, 3.63) is 35.2 Å². The Morgan fingerprint density at radius 2 is 2.35 bits per heavy atom. The van der Waals surface area contributed by atoms with Gasteiger partial charge in [0.15, 0.2) is 0 Å². The maximum Gasteiger partial charge on any atom is 0.373 e. The molecule has 6 heteroatoms. The first-order chi connectivity index (χ1) is 9.69. The Bertz CT molecular complexity index is 662. The minimum atomic E-state index is -1.15. The van der Waals surface area contributed by atoms with Crippen molar-refractivity contribution in [1.82, 2.24) is 4.98 Å². The quantitative estimate of drug-likeness (QED) is 0.920. The predicted molar refractivity (Wildman–Crippen MR) is 68.8 cm³/mol. The first-order valence-electron chi connectivity index (χ1n) is 6.17. The molecule has 0 aliphatic carbocycles. The lowest BCUT2D eigenvalue weighted by Crippen LogP contribution is -2.00. The van der Waals surface area contributed by atoms with Gasteiger partial charge in [-0.15, -0.1) is 0 Å². The number of hydrogen-bond acceptors (Lipinski definition) is 5. The first-order valence-corrected chi connectivity index (χ1v) is 6.17. The maximum atomic E-state index is 11.1. The van der Waals surface area contributed by atoms with Crippen LogP contribution in [-0.2, 0) is 17.8 Å². The van der Waals surface area contributed by atoms with Crippen LogP contribution in [-0.4, -0.2) is 29.8 Å². The summed E-state index contributed by atoms with van der Waals surface area (Å²) in [6.45, 7) is 0.763. The van der Waals surface area contributed by atoms with E-state index in [1.165, 1.54) is 7.11 Å². The van der Waals surface area contributed by atoms with Gasteiger partial charge in [0.1, 0.15) is 11.4 Å². The summed E-state index contributed by atoms with van der Waals surface area (Å²) < 4.78 is 15.7. The predicted octanol–water partition coefficient (Wildman–Crippen LogP) is 2.12. The van der Waals surface area contributed by atoms with Gasteiger partial charge in [-0.1, -0.05) is 0 Å². The summed E-state index contributed by atoms with van der Waals surface area (Å²) >= 11 is 0. The van der Waals surface area contributed by atoms with E-state index in [0.29, 0.717) is 6.61 Å². The van der Waals surface area contributed by atoms with Gasteiger partial charge in [0.2, 0.25) is 11.7 Å². The number of aromatic nitrogens is 1. The normalized spacial score (nSPS) is 13.1. The van der Waals surface area contributed by atoms with E-state index < -0.39 is 5.97 Å². The van der Waals surface area contributed by atoms with Crippen molar-refractivity contribution in [2.45, 2.75) is 13.0 Å². The van der Waals surface area contributed by atoms with Crippen LogP contribution in [0.5, 0.6) is 5.75 Å². The number of methoxy groups -OCH3 is 1. The van der Waals surface area contributed by atoms with E-state index in [1.54, 1.807) is 6.07 Å².